The van der Waals surface area contributed by atoms with E-state index in [4.69, 9.17) is 0 Å². The van der Waals surface area contributed by atoms with Gasteiger partial charge in [-0.2, -0.15) is 0 Å². The molecule has 2 heteroatoms. The van der Waals surface area contributed by atoms with Crippen molar-refractivity contribution in [2.75, 3.05) is 0 Å². The van der Waals surface area contributed by atoms with Crippen LogP contribution in [0.5, 0.6) is 0 Å². The number of para-hydroxylation sites is 1. The van der Waals surface area contributed by atoms with E-state index in [2.05, 4.69) is 24.0 Å². The SMILES string of the molecule is CC1CCC(=O)C(c2c[nH]c3ccccc23)C1. The van der Waals surface area contributed by atoms with Crippen molar-refractivity contribution in [1.29, 1.82) is 0 Å². The molecule has 3 rings (SSSR count). The van der Waals surface area contributed by atoms with Crippen molar-refractivity contribution >= 4 is 16.7 Å². The third-order valence-corrected chi connectivity index (χ3v) is 3.91. The van der Waals surface area contributed by atoms with E-state index in [0.29, 0.717) is 11.7 Å². The number of benzene rings is 1. The Kier molecular flexibility index (Phi) is 2.50. The highest BCUT2D eigenvalue weighted by molar-refractivity contribution is 5.93. The van der Waals surface area contributed by atoms with E-state index in [9.17, 15) is 4.79 Å². The lowest BCUT2D eigenvalue weighted by Crippen LogP contribution is -2.21. The zero-order chi connectivity index (χ0) is 11.8. The standard InChI is InChI=1S/C15H17NO/c1-10-6-7-15(17)12(8-10)13-9-16-14-5-3-2-4-11(13)14/h2-5,9-10,12,16H,6-8H2,1H3. The Morgan fingerprint density at radius 2 is 2.12 bits per heavy atom. The number of fused-ring (bicyclic) bond motifs is 1. The van der Waals surface area contributed by atoms with Crippen molar-refractivity contribution in [3.63, 3.8) is 0 Å². The monoisotopic (exact) mass is 227 g/mol. The number of rotatable bonds is 1. The lowest BCUT2D eigenvalue weighted by Gasteiger charge is -2.25. The zero-order valence-corrected chi connectivity index (χ0v) is 10.1. The second-order valence-corrected chi connectivity index (χ2v) is 5.19. The molecule has 17 heavy (non-hydrogen) atoms. The summed E-state index contributed by atoms with van der Waals surface area (Å²) in [6.45, 7) is 2.24. The largest absolute Gasteiger partial charge is 0.361 e. The van der Waals surface area contributed by atoms with Crippen molar-refractivity contribution < 1.29 is 4.79 Å². The molecule has 2 atom stereocenters. The Morgan fingerprint density at radius 3 is 3.00 bits per heavy atom. The predicted molar refractivity (Wildman–Crippen MR) is 69.1 cm³/mol. The maximum Gasteiger partial charge on any atom is 0.140 e. The van der Waals surface area contributed by atoms with Crippen LogP contribution in [0.4, 0.5) is 0 Å². The lowest BCUT2D eigenvalue weighted by atomic mass is 9.78. The Morgan fingerprint density at radius 1 is 1.29 bits per heavy atom. The van der Waals surface area contributed by atoms with Gasteiger partial charge in [-0.05, 0) is 30.4 Å². The number of carbonyl (C=O) groups is 1. The minimum atomic E-state index is 0.106. The molecule has 1 aromatic heterocycles. The molecule has 0 aliphatic heterocycles. The number of hydrogen-bond acceptors (Lipinski definition) is 1. The molecule has 1 aliphatic carbocycles. The number of nitrogens with one attached hydrogen (secondary N) is 1. The summed E-state index contributed by atoms with van der Waals surface area (Å²) < 4.78 is 0. The molecule has 2 unspecified atom stereocenters. The first-order valence-corrected chi connectivity index (χ1v) is 6.34. The molecule has 2 nitrogen and oxygen atoms in total. The molecule has 88 valence electrons. The highest BCUT2D eigenvalue weighted by Crippen LogP contribution is 2.36. The van der Waals surface area contributed by atoms with Gasteiger partial charge >= 0.3 is 0 Å². The summed E-state index contributed by atoms with van der Waals surface area (Å²) in [6, 6.07) is 8.23. The molecule has 1 heterocycles. The first-order chi connectivity index (χ1) is 8.25. The van der Waals surface area contributed by atoms with Crippen molar-refractivity contribution in [1.82, 2.24) is 4.98 Å². The van der Waals surface area contributed by atoms with E-state index in [0.717, 1.165) is 24.8 Å². The van der Waals surface area contributed by atoms with Crippen molar-refractivity contribution in [2.45, 2.75) is 32.1 Å². The topological polar surface area (TPSA) is 32.9 Å². The molecule has 0 amide bonds. The van der Waals surface area contributed by atoms with Crippen molar-refractivity contribution in [2.24, 2.45) is 5.92 Å². The average molecular weight is 227 g/mol. The second kappa shape index (κ2) is 4.02. The van der Waals surface area contributed by atoms with Gasteiger partial charge in [0.1, 0.15) is 5.78 Å². The molecular weight excluding hydrogens is 210 g/mol. The Hall–Kier alpha value is -1.57. The van der Waals surface area contributed by atoms with Crippen LogP contribution in [0.15, 0.2) is 30.5 Å². The fourth-order valence-electron chi connectivity index (χ4n) is 2.90. The van der Waals surface area contributed by atoms with Crippen LogP contribution >= 0.6 is 0 Å². The van der Waals surface area contributed by atoms with Gasteiger partial charge in [0.15, 0.2) is 0 Å². The second-order valence-electron chi connectivity index (χ2n) is 5.19. The molecule has 0 spiro atoms. The summed E-state index contributed by atoms with van der Waals surface area (Å²) in [5, 5.41) is 1.21. The van der Waals surface area contributed by atoms with Crippen LogP contribution in [0.25, 0.3) is 10.9 Å². The van der Waals surface area contributed by atoms with Crippen molar-refractivity contribution in [3.05, 3.63) is 36.0 Å². The van der Waals surface area contributed by atoms with E-state index >= 15 is 0 Å². The third-order valence-electron chi connectivity index (χ3n) is 3.91. The highest BCUT2D eigenvalue weighted by atomic mass is 16.1. The number of Topliss-reactive ketones (excluding diaryl/α,β-unsaturated/α-hetero) is 1. The van der Waals surface area contributed by atoms with E-state index in [-0.39, 0.29) is 5.92 Å². The zero-order valence-electron chi connectivity index (χ0n) is 10.1. The fraction of sp³-hybridized carbons (Fsp3) is 0.400. The van der Waals surface area contributed by atoms with Crippen LogP contribution in [0, 0.1) is 5.92 Å². The number of carbonyl (C=O) groups excluding carboxylic acids is 1. The maximum absolute atomic E-state index is 12.1. The maximum atomic E-state index is 12.1. The van der Waals surface area contributed by atoms with Gasteiger partial charge in [0.2, 0.25) is 0 Å². The Bertz CT molecular complexity index is 555. The van der Waals surface area contributed by atoms with E-state index in [1.807, 2.05) is 18.3 Å². The lowest BCUT2D eigenvalue weighted by molar-refractivity contribution is -0.122. The number of aromatic amines is 1. The normalized spacial score (nSPS) is 25.4. The number of ketones is 1. The van der Waals surface area contributed by atoms with Gasteiger partial charge in [-0.1, -0.05) is 25.1 Å². The summed E-state index contributed by atoms with van der Waals surface area (Å²) in [4.78, 5) is 15.3. The van der Waals surface area contributed by atoms with E-state index < -0.39 is 0 Å². The van der Waals surface area contributed by atoms with Gasteiger partial charge < -0.3 is 4.98 Å². The molecule has 2 aromatic rings. The minimum Gasteiger partial charge on any atom is -0.361 e. The summed E-state index contributed by atoms with van der Waals surface area (Å²) >= 11 is 0. The van der Waals surface area contributed by atoms with E-state index in [1.54, 1.807) is 0 Å². The molecule has 1 saturated carbocycles. The fourth-order valence-corrected chi connectivity index (χ4v) is 2.90. The number of H-pyrrole nitrogens is 1. The van der Waals surface area contributed by atoms with Gasteiger partial charge in [-0.3, -0.25) is 4.79 Å². The minimum absolute atomic E-state index is 0.106. The molecule has 1 aliphatic rings. The third kappa shape index (κ3) is 1.78. The predicted octanol–water partition coefficient (Wildman–Crippen LogP) is 3.64. The summed E-state index contributed by atoms with van der Waals surface area (Å²) in [6.07, 6.45) is 4.81. The number of aromatic nitrogens is 1. The van der Waals surface area contributed by atoms with Gasteiger partial charge in [0.25, 0.3) is 0 Å². The van der Waals surface area contributed by atoms with Crippen LogP contribution in [-0.2, 0) is 4.79 Å². The Labute approximate surface area is 101 Å². The molecule has 1 aromatic carbocycles. The Balaban J connectivity index is 2.05. The van der Waals surface area contributed by atoms with Gasteiger partial charge in [-0.15, -0.1) is 0 Å². The van der Waals surface area contributed by atoms with Crippen LogP contribution in [-0.4, -0.2) is 10.8 Å². The first-order valence-electron chi connectivity index (χ1n) is 6.34. The first kappa shape index (κ1) is 10.6. The van der Waals surface area contributed by atoms with Gasteiger partial charge in [-0.25, -0.2) is 0 Å². The van der Waals surface area contributed by atoms with Gasteiger partial charge in [0, 0.05) is 29.4 Å². The molecule has 0 radical (unpaired) electrons. The summed E-state index contributed by atoms with van der Waals surface area (Å²) in [7, 11) is 0. The van der Waals surface area contributed by atoms with Crippen LogP contribution in [0.3, 0.4) is 0 Å². The quantitative estimate of drug-likeness (QED) is 0.792. The van der Waals surface area contributed by atoms with Crippen LogP contribution in [0.1, 0.15) is 37.7 Å². The summed E-state index contributed by atoms with van der Waals surface area (Å²) in [5.74, 6) is 1.18. The molecule has 1 N–H and O–H groups in total. The van der Waals surface area contributed by atoms with Crippen molar-refractivity contribution in [3.8, 4) is 0 Å². The van der Waals surface area contributed by atoms with E-state index in [1.165, 1.54) is 10.9 Å². The van der Waals surface area contributed by atoms with Gasteiger partial charge in [0.05, 0.1) is 0 Å². The molecule has 0 saturated heterocycles. The van der Waals surface area contributed by atoms with Crippen LogP contribution in [0.2, 0.25) is 0 Å². The van der Waals surface area contributed by atoms with Crippen LogP contribution < -0.4 is 0 Å². The average Bonchev–Trinajstić information content (AvgIpc) is 2.76. The molecule has 1 fully saturated rings. The number of hydrogen-bond donors (Lipinski definition) is 1. The highest BCUT2D eigenvalue weighted by Gasteiger charge is 2.29. The molecular formula is C15H17NO. The smallest absolute Gasteiger partial charge is 0.140 e. The molecule has 0 bridgehead atoms. The summed E-state index contributed by atoms with van der Waals surface area (Å²) in [5.41, 5.74) is 2.32.